The Morgan fingerprint density at radius 1 is 1.21 bits per heavy atom. The lowest BCUT2D eigenvalue weighted by Crippen LogP contribution is -2.22. The summed E-state index contributed by atoms with van der Waals surface area (Å²) in [5, 5.41) is 13.8. The van der Waals surface area contributed by atoms with E-state index in [1.54, 1.807) is 6.07 Å². The first-order chi connectivity index (χ1) is 13.5. The van der Waals surface area contributed by atoms with Crippen molar-refractivity contribution in [2.45, 2.75) is 0 Å². The van der Waals surface area contributed by atoms with E-state index in [1.165, 1.54) is 29.7 Å². The van der Waals surface area contributed by atoms with Crippen LogP contribution in [0.3, 0.4) is 0 Å². The fraction of sp³-hybridized carbons (Fsp3) is 0.0556. The summed E-state index contributed by atoms with van der Waals surface area (Å²) >= 11 is 1.19. The average molecular weight is 398 g/mol. The van der Waals surface area contributed by atoms with Crippen LogP contribution in [0.4, 0.5) is 10.8 Å². The lowest BCUT2D eigenvalue weighted by molar-refractivity contribution is -0.390. The van der Waals surface area contributed by atoms with Gasteiger partial charge in [0.1, 0.15) is 11.2 Å². The molecule has 0 spiro atoms. The number of ether oxygens (including phenoxy) is 1. The third kappa shape index (κ3) is 4.30. The maximum atomic E-state index is 12.2. The van der Waals surface area contributed by atoms with Crippen molar-refractivity contribution in [1.29, 1.82) is 0 Å². The van der Waals surface area contributed by atoms with E-state index in [9.17, 15) is 19.7 Å². The van der Waals surface area contributed by atoms with E-state index in [0.717, 1.165) is 10.4 Å². The van der Waals surface area contributed by atoms with Gasteiger partial charge in [-0.25, -0.2) is 0 Å². The van der Waals surface area contributed by atoms with Gasteiger partial charge in [0.2, 0.25) is 5.75 Å². The number of nitrogens with zero attached hydrogens (tertiary/aromatic N) is 2. The summed E-state index contributed by atoms with van der Waals surface area (Å²) in [5.74, 6) is -1.90. The summed E-state index contributed by atoms with van der Waals surface area (Å²) in [6, 6.07) is 13.7. The molecule has 0 aliphatic rings. The summed E-state index contributed by atoms with van der Waals surface area (Å²) in [5.41, 5.74) is 6.45. The summed E-state index contributed by atoms with van der Waals surface area (Å²) in [6.45, 7) is -0.497. The monoisotopic (exact) mass is 398 g/mol. The smallest absolute Gasteiger partial charge is 0.406 e. The number of carbonyl (C=O) groups is 2. The number of hydrogen-bond acceptors (Lipinski definition) is 7. The van der Waals surface area contributed by atoms with Crippen molar-refractivity contribution in [3.63, 3.8) is 0 Å². The number of amides is 2. The first-order valence-electron chi connectivity index (χ1n) is 7.97. The molecule has 0 radical (unpaired) electrons. The quantitative estimate of drug-likeness (QED) is 0.464. The lowest BCUT2D eigenvalue weighted by atomic mass is 10.1. The minimum atomic E-state index is -0.705. The third-order valence-corrected chi connectivity index (χ3v) is 4.69. The van der Waals surface area contributed by atoms with E-state index in [1.807, 2.05) is 30.3 Å². The molecule has 0 saturated carbocycles. The molecule has 0 aliphatic heterocycles. The van der Waals surface area contributed by atoms with Crippen LogP contribution in [-0.2, 0) is 4.79 Å². The zero-order valence-electron chi connectivity index (χ0n) is 14.3. The van der Waals surface area contributed by atoms with Crippen LogP contribution in [-0.4, -0.2) is 28.3 Å². The number of nitrogens with one attached hydrogen (secondary N) is 1. The molecule has 0 unspecified atom stereocenters. The molecule has 9 nitrogen and oxygen atoms in total. The zero-order chi connectivity index (χ0) is 20.1. The normalized spacial score (nSPS) is 10.3. The molecule has 142 valence electrons. The Morgan fingerprint density at radius 3 is 2.64 bits per heavy atom. The molecule has 3 aromatic rings. The second-order valence-corrected chi connectivity index (χ2v) is 6.56. The van der Waals surface area contributed by atoms with Crippen molar-refractivity contribution >= 4 is 34.0 Å². The fourth-order valence-electron chi connectivity index (χ4n) is 2.35. The van der Waals surface area contributed by atoms with Crippen LogP contribution >= 0.6 is 11.3 Å². The topological polar surface area (TPSA) is 137 Å². The number of anilines is 1. The zero-order valence-corrected chi connectivity index (χ0v) is 15.1. The van der Waals surface area contributed by atoms with Gasteiger partial charge in [-0.2, -0.15) is 0 Å². The molecule has 10 heteroatoms. The van der Waals surface area contributed by atoms with Gasteiger partial charge in [0, 0.05) is 4.88 Å². The van der Waals surface area contributed by atoms with E-state index in [0.29, 0.717) is 0 Å². The summed E-state index contributed by atoms with van der Waals surface area (Å²) in [7, 11) is 0. The second-order valence-electron chi connectivity index (χ2n) is 5.50. The van der Waals surface area contributed by atoms with Gasteiger partial charge >= 0.3 is 5.82 Å². The van der Waals surface area contributed by atoms with Gasteiger partial charge in [-0.3, -0.25) is 9.59 Å². The molecular formula is C18H14N4O5S. The molecule has 2 aromatic heterocycles. The van der Waals surface area contributed by atoms with Crippen molar-refractivity contribution in [2.24, 2.45) is 5.73 Å². The van der Waals surface area contributed by atoms with Crippen LogP contribution in [0.5, 0.6) is 5.75 Å². The molecule has 0 fully saturated rings. The lowest BCUT2D eigenvalue weighted by Gasteiger charge is -2.07. The van der Waals surface area contributed by atoms with Crippen LogP contribution in [0, 0.1) is 10.1 Å². The first kappa shape index (κ1) is 19.0. The largest absolute Gasteiger partial charge is 0.476 e. The van der Waals surface area contributed by atoms with Gasteiger partial charge in [-0.1, -0.05) is 30.3 Å². The van der Waals surface area contributed by atoms with Crippen LogP contribution < -0.4 is 15.8 Å². The van der Waals surface area contributed by atoms with Crippen molar-refractivity contribution in [3.05, 3.63) is 70.4 Å². The standard InChI is InChI=1S/C18H14N4O5S/c19-16(24)12-9-14(11-5-2-1-3-6-11)28-18(12)21-15(23)10-27-13-7-4-8-20-17(13)22(25)26/h1-9H,10H2,(H2,19,24)(H,21,23). The minimum Gasteiger partial charge on any atom is -0.476 e. The van der Waals surface area contributed by atoms with Crippen LogP contribution in [0.2, 0.25) is 0 Å². The number of aromatic nitrogens is 1. The Labute approximate surface area is 162 Å². The summed E-state index contributed by atoms with van der Waals surface area (Å²) in [6.07, 6.45) is 1.25. The molecule has 2 amide bonds. The van der Waals surface area contributed by atoms with E-state index < -0.39 is 29.2 Å². The van der Waals surface area contributed by atoms with Gasteiger partial charge in [-0.15, -0.1) is 11.3 Å². The highest BCUT2D eigenvalue weighted by Crippen LogP contribution is 2.35. The molecule has 28 heavy (non-hydrogen) atoms. The fourth-order valence-corrected chi connectivity index (χ4v) is 3.43. The highest BCUT2D eigenvalue weighted by atomic mass is 32.1. The van der Waals surface area contributed by atoms with Crippen LogP contribution in [0.25, 0.3) is 10.4 Å². The molecular weight excluding hydrogens is 384 g/mol. The molecule has 2 heterocycles. The Balaban J connectivity index is 1.74. The second kappa shape index (κ2) is 8.27. The molecule has 0 bridgehead atoms. The molecule has 0 atom stereocenters. The summed E-state index contributed by atoms with van der Waals surface area (Å²) < 4.78 is 5.20. The number of pyridine rings is 1. The van der Waals surface area contributed by atoms with Gasteiger partial charge in [-0.05, 0) is 33.7 Å². The number of nitrogens with two attached hydrogens (primary N) is 1. The average Bonchev–Trinajstić information content (AvgIpc) is 3.11. The molecule has 0 aliphatic carbocycles. The van der Waals surface area contributed by atoms with Gasteiger partial charge in [0.15, 0.2) is 6.61 Å². The van der Waals surface area contributed by atoms with Gasteiger partial charge in [0.25, 0.3) is 11.8 Å². The molecule has 0 saturated heterocycles. The van der Waals surface area contributed by atoms with E-state index >= 15 is 0 Å². The Kier molecular flexibility index (Phi) is 5.61. The predicted molar refractivity (Wildman–Crippen MR) is 103 cm³/mol. The maximum Gasteiger partial charge on any atom is 0.406 e. The SMILES string of the molecule is NC(=O)c1cc(-c2ccccc2)sc1NC(=O)COc1cccnc1[N+](=O)[O-]. The first-order valence-corrected chi connectivity index (χ1v) is 8.78. The Morgan fingerprint density at radius 2 is 1.96 bits per heavy atom. The van der Waals surface area contributed by atoms with E-state index in [4.69, 9.17) is 10.5 Å². The highest BCUT2D eigenvalue weighted by Gasteiger charge is 2.19. The number of hydrogen-bond donors (Lipinski definition) is 2. The minimum absolute atomic E-state index is 0.131. The predicted octanol–water partition coefficient (Wildman–Crippen LogP) is 2.83. The number of thiophene rings is 1. The maximum absolute atomic E-state index is 12.2. The van der Waals surface area contributed by atoms with E-state index in [-0.39, 0.29) is 16.3 Å². The molecule has 3 rings (SSSR count). The number of benzene rings is 1. The van der Waals surface area contributed by atoms with Crippen molar-refractivity contribution in [1.82, 2.24) is 4.98 Å². The van der Waals surface area contributed by atoms with Gasteiger partial charge < -0.3 is 25.9 Å². The number of rotatable bonds is 7. The molecule has 1 aromatic carbocycles. The van der Waals surface area contributed by atoms with Crippen LogP contribution in [0.1, 0.15) is 10.4 Å². The number of nitro groups is 1. The van der Waals surface area contributed by atoms with E-state index in [2.05, 4.69) is 10.3 Å². The Hall–Kier alpha value is -3.79. The van der Waals surface area contributed by atoms with Crippen molar-refractivity contribution in [2.75, 3.05) is 11.9 Å². The number of primary amides is 1. The van der Waals surface area contributed by atoms with Gasteiger partial charge in [0.05, 0.1) is 5.56 Å². The molecule has 3 N–H and O–H groups in total. The highest BCUT2D eigenvalue weighted by molar-refractivity contribution is 7.20. The third-order valence-electron chi connectivity index (χ3n) is 3.59. The summed E-state index contributed by atoms with van der Waals surface area (Å²) in [4.78, 5) is 38.5. The van der Waals surface area contributed by atoms with Crippen LogP contribution in [0.15, 0.2) is 54.7 Å². The van der Waals surface area contributed by atoms with Crippen molar-refractivity contribution < 1.29 is 19.2 Å². The number of carbonyl (C=O) groups excluding carboxylic acids is 2. The Bertz CT molecular complexity index is 1040. The van der Waals surface area contributed by atoms with Crippen molar-refractivity contribution in [3.8, 4) is 16.2 Å².